The molecule has 1 amide bonds. The Labute approximate surface area is 93.6 Å². The van der Waals surface area contributed by atoms with E-state index in [1.165, 1.54) is 7.05 Å². The van der Waals surface area contributed by atoms with Gasteiger partial charge in [0.1, 0.15) is 0 Å². The first-order chi connectivity index (χ1) is 7.56. The lowest BCUT2D eigenvalue weighted by Gasteiger charge is -2.07. The summed E-state index contributed by atoms with van der Waals surface area (Å²) in [5.41, 5.74) is 7.18. The van der Waals surface area contributed by atoms with Crippen LogP contribution in [-0.4, -0.2) is 25.5 Å². The Morgan fingerprint density at radius 2 is 2.12 bits per heavy atom. The number of esters is 1. The summed E-state index contributed by atoms with van der Waals surface area (Å²) < 4.78 is 4.79. The van der Waals surface area contributed by atoms with Crippen LogP contribution in [0.5, 0.6) is 0 Å². The van der Waals surface area contributed by atoms with Gasteiger partial charge in [-0.15, -0.1) is 0 Å². The van der Waals surface area contributed by atoms with Crippen molar-refractivity contribution in [2.45, 2.75) is 6.92 Å². The van der Waals surface area contributed by atoms with Crippen molar-refractivity contribution in [3.05, 3.63) is 29.3 Å². The van der Waals surface area contributed by atoms with Gasteiger partial charge in [-0.25, -0.2) is 4.79 Å². The van der Waals surface area contributed by atoms with Crippen molar-refractivity contribution < 1.29 is 14.3 Å². The average molecular weight is 222 g/mol. The molecule has 0 atom stereocenters. The molecule has 0 radical (unpaired) electrons. The SMILES string of the molecule is CNC(=O)COC(=O)c1cccc(C)c1N. The fraction of sp³-hybridized carbons (Fsp3) is 0.273. The van der Waals surface area contributed by atoms with Crippen molar-refractivity contribution in [3.8, 4) is 0 Å². The van der Waals surface area contributed by atoms with Crippen molar-refractivity contribution in [1.82, 2.24) is 5.32 Å². The summed E-state index contributed by atoms with van der Waals surface area (Å²) >= 11 is 0. The van der Waals surface area contributed by atoms with Crippen LogP contribution in [0, 0.1) is 6.92 Å². The van der Waals surface area contributed by atoms with Crippen molar-refractivity contribution in [3.63, 3.8) is 0 Å². The molecular formula is C11H14N2O3. The van der Waals surface area contributed by atoms with Crippen LogP contribution < -0.4 is 11.1 Å². The molecule has 0 saturated carbocycles. The maximum absolute atomic E-state index is 11.6. The summed E-state index contributed by atoms with van der Waals surface area (Å²) in [5.74, 6) is -0.954. The third-order valence-corrected chi connectivity index (χ3v) is 2.16. The maximum Gasteiger partial charge on any atom is 0.340 e. The molecule has 0 heterocycles. The summed E-state index contributed by atoms with van der Waals surface area (Å²) in [6.45, 7) is 1.49. The van der Waals surface area contributed by atoms with Crippen molar-refractivity contribution in [1.29, 1.82) is 0 Å². The number of carbonyl (C=O) groups excluding carboxylic acids is 2. The van der Waals surface area contributed by atoms with Gasteiger partial charge in [-0.05, 0) is 18.6 Å². The number of nitrogen functional groups attached to an aromatic ring is 1. The van der Waals surface area contributed by atoms with E-state index in [9.17, 15) is 9.59 Å². The molecule has 0 saturated heterocycles. The Kier molecular flexibility index (Phi) is 3.88. The topological polar surface area (TPSA) is 81.4 Å². The molecule has 3 N–H and O–H groups in total. The summed E-state index contributed by atoms with van der Waals surface area (Å²) in [4.78, 5) is 22.4. The molecule has 0 aliphatic rings. The number of rotatable bonds is 3. The van der Waals surface area contributed by atoms with Crippen molar-refractivity contribution in [2.75, 3.05) is 19.4 Å². The minimum absolute atomic E-state index is 0.281. The summed E-state index contributed by atoms with van der Waals surface area (Å²) in [6.07, 6.45) is 0. The highest BCUT2D eigenvalue weighted by Crippen LogP contribution is 2.17. The van der Waals surface area contributed by atoms with Gasteiger partial charge < -0.3 is 15.8 Å². The lowest BCUT2D eigenvalue weighted by Crippen LogP contribution is -2.25. The first-order valence-corrected chi connectivity index (χ1v) is 4.79. The van der Waals surface area contributed by atoms with E-state index in [4.69, 9.17) is 10.5 Å². The van der Waals surface area contributed by atoms with Crippen LogP contribution in [0.15, 0.2) is 18.2 Å². The molecular weight excluding hydrogens is 208 g/mol. The number of nitrogens with one attached hydrogen (secondary N) is 1. The van der Waals surface area contributed by atoms with E-state index in [1.54, 1.807) is 25.1 Å². The number of hydrogen-bond acceptors (Lipinski definition) is 4. The molecule has 0 bridgehead atoms. The number of ether oxygens (including phenoxy) is 1. The van der Waals surface area contributed by atoms with Gasteiger partial charge in [-0.2, -0.15) is 0 Å². The third-order valence-electron chi connectivity index (χ3n) is 2.16. The molecule has 1 aromatic rings. The number of para-hydroxylation sites is 1. The number of anilines is 1. The highest BCUT2D eigenvalue weighted by Gasteiger charge is 2.13. The quantitative estimate of drug-likeness (QED) is 0.575. The van der Waals surface area contributed by atoms with Crippen LogP contribution in [0.25, 0.3) is 0 Å². The zero-order chi connectivity index (χ0) is 12.1. The minimum atomic E-state index is -0.593. The summed E-state index contributed by atoms with van der Waals surface area (Å²) in [5, 5.41) is 2.35. The Morgan fingerprint density at radius 3 is 2.75 bits per heavy atom. The zero-order valence-electron chi connectivity index (χ0n) is 9.24. The smallest absolute Gasteiger partial charge is 0.340 e. The third kappa shape index (κ3) is 2.73. The number of carbonyl (C=O) groups is 2. The van der Waals surface area contributed by atoms with Gasteiger partial charge in [0.2, 0.25) is 0 Å². The van der Waals surface area contributed by atoms with E-state index in [0.29, 0.717) is 5.69 Å². The molecule has 86 valence electrons. The van der Waals surface area contributed by atoms with Crippen LogP contribution in [0.1, 0.15) is 15.9 Å². The van der Waals surface area contributed by atoms with Gasteiger partial charge in [0.25, 0.3) is 5.91 Å². The molecule has 0 spiro atoms. The van der Waals surface area contributed by atoms with Crippen LogP contribution >= 0.6 is 0 Å². The van der Waals surface area contributed by atoms with Gasteiger partial charge in [-0.3, -0.25) is 4.79 Å². The predicted molar refractivity (Wildman–Crippen MR) is 59.9 cm³/mol. The van der Waals surface area contributed by atoms with E-state index in [2.05, 4.69) is 5.32 Å². The number of hydrogen-bond donors (Lipinski definition) is 2. The van der Waals surface area contributed by atoms with E-state index < -0.39 is 5.97 Å². The molecule has 0 fully saturated rings. The summed E-state index contributed by atoms with van der Waals surface area (Å²) in [6, 6.07) is 5.07. The molecule has 16 heavy (non-hydrogen) atoms. The number of aryl methyl sites for hydroxylation is 1. The Hall–Kier alpha value is -2.04. The highest BCUT2D eigenvalue weighted by atomic mass is 16.5. The van der Waals surface area contributed by atoms with Crippen molar-refractivity contribution >= 4 is 17.6 Å². The van der Waals surface area contributed by atoms with Gasteiger partial charge in [-0.1, -0.05) is 12.1 Å². The molecule has 5 heteroatoms. The summed E-state index contributed by atoms with van der Waals surface area (Å²) in [7, 11) is 1.47. The molecule has 1 aromatic carbocycles. The zero-order valence-corrected chi connectivity index (χ0v) is 9.24. The molecule has 5 nitrogen and oxygen atoms in total. The van der Waals surface area contributed by atoms with Gasteiger partial charge in [0, 0.05) is 12.7 Å². The lowest BCUT2D eigenvalue weighted by molar-refractivity contribution is -0.123. The van der Waals surface area contributed by atoms with Crippen LogP contribution in [0.4, 0.5) is 5.69 Å². The highest BCUT2D eigenvalue weighted by molar-refractivity contribution is 5.96. The Morgan fingerprint density at radius 1 is 1.44 bits per heavy atom. The molecule has 1 rings (SSSR count). The number of nitrogens with two attached hydrogens (primary N) is 1. The minimum Gasteiger partial charge on any atom is -0.452 e. The van der Waals surface area contributed by atoms with E-state index >= 15 is 0 Å². The predicted octanol–water partition coefficient (Wildman–Crippen LogP) is 0.480. The van der Waals surface area contributed by atoms with E-state index in [1.807, 2.05) is 0 Å². The number of amides is 1. The van der Waals surface area contributed by atoms with Crippen LogP contribution in [0.3, 0.4) is 0 Å². The van der Waals surface area contributed by atoms with E-state index in [0.717, 1.165) is 5.56 Å². The molecule has 0 unspecified atom stereocenters. The Bertz CT molecular complexity index is 416. The van der Waals surface area contributed by atoms with Crippen LogP contribution in [0.2, 0.25) is 0 Å². The molecule has 0 aliphatic carbocycles. The monoisotopic (exact) mass is 222 g/mol. The normalized spacial score (nSPS) is 9.62. The number of likely N-dealkylation sites (N-methyl/N-ethyl adjacent to an activating group) is 1. The van der Waals surface area contributed by atoms with E-state index in [-0.39, 0.29) is 18.1 Å². The standard InChI is InChI=1S/C11H14N2O3/c1-7-4-3-5-8(10(7)12)11(15)16-6-9(14)13-2/h3-5H,6,12H2,1-2H3,(H,13,14). The first-order valence-electron chi connectivity index (χ1n) is 4.79. The maximum atomic E-state index is 11.6. The van der Waals surface area contributed by atoms with Gasteiger partial charge in [0.05, 0.1) is 5.56 Å². The number of benzene rings is 1. The molecule has 0 aromatic heterocycles. The fourth-order valence-corrected chi connectivity index (χ4v) is 1.14. The van der Waals surface area contributed by atoms with Gasteiger partial charge >= 0.3 is 5.97 Å². The average Bonchev–Trinajstić information content (AvgIpc) is 2.29. The largest absolute Gasteiger partial charge is 0.452 e. The first kappa shape index (κ1) is 12.0. The second kappa shape index (κ2) is 5.16. The van der Waals surface area contributed by atoms with Crippen LogP contribution in [-0.2, 0) is 9.53 Å². The second-order valence-corrected chi connectivity index (χ2v) is 3.29. The fourth-order valence-electron chi connectivity index (χ4n) is 1.14. The Balaban J connectivity index is 2.74. The lowest BCUT2D eigenvalue weighted by atomic mass is 10.1. The van der Waals surface area contributed by atoms with Gasteiger partial charge in [0.15, 0.2) is 6.61 Å². The van der Waals surface area contributed by atoms with Crippen molar-refractivity contribution in [2.24, 2.45) is 0 Å². The second-order valence-electron chi connectivity index (χ2n) is 3.29. The molecule has 0 aliphatic heterocycles.